The van der Waals surface area contributed by atoms with Gasteiger partial charge >= 0.3 is 6.03 Å². The number of aryl methyl sites for hydroxylation is 1. The van der Waals surface area contributed by atoms with Crippen LogP contribution in [0.2, 0.25) is 0 Å². The Balaban J connectivity index is 1.94. The van der Waals surface area contributed by atoms with Crippen molar-refractivity contribution in [2.75, 3.05) is 13.6 Å². The molecular formula is C19H27FN4O2. The van der Waals surface area contributed by atoms with Crippen LogP contribution in [-0.2, 0) is 4.79 Å². The highest BCUT2D eigenvalue weighted by Crippen LogP contribution is 2.45. The molecule has 2 aliphatic rings. The van der Waals surface area contributed by atoms with Gasteiger partial charge in [-0.15, -0.1) is 0 Å². The maximum atomic E-state index is 13.6. The Kier molecular flexibility index (Phi) is 4.69. The molecule has 142 valence electrons. The maximum Gasteiger partial charge on any atom is 0.317 e. The second kappa shape index (κ2) is 6.54. The van der Waals surface area contributed by atoms with Gasteiger partial charge < -0.3 is 16.0 Å². The fourth-order valence-electron chi connectivity index (χ4n) is 4.48. The zero-order valence-corrected chi connectivity index (χ0v) is 15.6. The average Bonchev–Trinajstić information content (AvgIpc) is 2.92. The lowest BCUT2D eigenvalue weighted by Gasteiger charge is -2.46. The monoisotopic (exact) mass is 362 g/mol. The summed E-state index contributed by atoms with van der Waals surface area (Å²) < 4.78 is 13.6. The number of carbonyl (C=O) groups excluding carboxylic acids is 2. The predicted molar refractivity (Wildman–Crippen MR) is 97.0 cm³/mol. The molecule has 3 amide bonds. The predicted octanol–water partition coefficient (Wildman–Crippen LogP) is 1.98. The van der Waals surface area contributed by atoms with Crippen molar-refractivity contribution in [2.24, 2.45) is 5.73 Å². The number of urea groups is 1. The van der Waals surface area contributed by atoms with Gasteiger partial charge in [0.15, 0.2) is 0 Å². The highest BCUT2D eigenvalue weighted by Gasteiger charge is 2.51. The van der Waals surface area contributed by atoms with E-state index in [0.29, 0.717) is 19.4 Å². The van der Waals surface area contributed by atoms with Crippen LogP contribution in [0.25, 0.3) is 0 Å². The molecule has 26 heavy (non-hydrogen) atoms. The lowest BCUT2D eigenvalue weighted by molar-refractivity contribution is -0.123. The number of nitrogens with two attached hydrogens (primary N) is 1. The summed E-state index contributed by atoms with van der Waals surface area (Å²) >= 11 is 0. The molecule has 2 saturated heterocycles. The number of piperidine rings is 1. The van der Waals surface area contributed by atoms with E-state index in [0.717, 1.165) is 24.0 Å². The van der Waals surface area contributed by atoms with Gasteiger partial charge in [-0.05, 0) is 62.8 Å². The lowest BCUT2D eigenvalue weighted by atomic mass is 9.79. The van der Waals surface area contributed by atoms with Crippen molar-refractivity contribution in [1.29, 1.82) is 0 Å². The van der Waals surface area contributed by atoms with Crippen LogP contribution in [0.5, 0.6) is 0 Å². The molecule has 0 aromatic heterocycles. The van der Waals surface area contributed by atoms with Gasteiger partial charge in [0, 0.05) is 19.1 Å². The Hall–Kier alpha value is -2.15. The Morgan fingerprint density at radius 2 is 2.08 bits per heavy atom. The minimum atomic E-state index is -0.725. The van der Waals surface area contributed by atoms with Crippen LogP contribution >= 0.6 is 0 Å². The van der Waals surface area contributed by atoms with Crippen molar-refractivity contribution in [3.63, 3.8) is 0 Å². The van der Waals surface area contributed by atoms with E-state index >= 15 is 0 Å². The van der Waals surface area contributed by atoms with Crippen molar-refractivity contribution in [3.8, 4) is 0 Å². The third-order valence-corrected chi connectivity index (χ3v) is 6.05. The Morgan fingerprint density at radius 3 is 2.65 bits per heavy atom. The molecule has 0 bridgehead atoms. The summed E-state index contributed by atoms with van der Waals surface area (Å²) in [4.78, 5) is 26.1. The van der Waals surface area contributed by atoms with Crippen molar-refractivity contribution in [2.45, 2.75) is 56.7 Å². The normalized spacial score (nSPS) is 31.2. The van der Waals surface area contributed by atoms with Gasteiger partial charge in [-0.3, -0.25) is 10.1 Å². The smallest absolute Gasteiger partial charge is 0.317 e. The summed E-state index contributed by atoms with van der Waals surface area (Å²) in [6.45, 7) is 4.26. The summed E-state index contributed by atoms with van der Waals surface area (Å²) in [7, 11) is 1.61. The number of primary amides is 1. The van der Waals surface area contributed by atoms with Crippen LogP contribution < -0.4 is 16.4 Å². The van der Waals surface area contributed by atoms with Crippen LogP contribution in [0.15, 0.2) is 18.2 Å². The van der Waals surface area contributed by atoms with Crippen LogP contribution in [-0.4, -0.2) is 41.5 Å². The van der Waals surface area contributed by atoms with Crippen molar-refractivity contribution < 1.29 is 14.0 Å². The number of halogens is 1. The van der Waals surface area contributed by atoms with Gasteiger partial charge in [0.25, 0.3) is 0 Å². The zero-order valence-electron chi connectivity index (χ0n) is 15.6. The molecule has 2 heterocycles. The van der Waals surface area contributed by atoms with Crippen molar-refractivity contribution in [1.82, 2.24) is 15.5 Å². The average molecular weight is 362 g/mol. The molecular weight excluding hydrogens is 335 g/mol. The number of benzene rings is 1. The number of hydrogen-bond acceptors (Lipinski definition) is 3. The summed E-state index contributed by atoms with van der Waals surface area (Å²) in [5.74, 6) is -0.638. The van der Waals surface area contributed by atoms with Crippen LogP contribution in [0, 0.1) is 12.7 Å². The first-order valence-electron chi connectivity index (χ1n) is 9.03. The molecule has 0 aliphatic carbocycles. The lowest BCUT2D eigenvalue weighted by Crippen LogP contribution is -2.60. The zero-order chi connectivity index (χ0) is 19.1. The summed E-state index contributed by atoms with van der Waals surface area (Å²) in [5, 5.41) is 6.18. The summed E-state index contributed by atoms with van der Waals surface area (Å²) in [6, 6.07) is 4.35. The van der Waals surface area contributed by atoms with Gasteiger partial charge in [-0.1, -0.05) is 6.07 Å². The number of rotatable bonds is 2. The molecule has 6 nitrogen and oxygen atoms in total. The summed E-state index contributed by atoms with van der Waals surface area (Å²) in [5.41, 5.74) is 6.36. The van der Waals surface area contributed by atoms with E-state index in [-0.39, 0.29) is 29.3 Å². The van der Waals surface area contributed by atoms with E-state index in [2.05, 4.69) is 10.6 Å². The standard InChI is InChI=1S/C19H27FN4O2/c1-12-10-13(20)4-5-14(12)15-11-19(8-9-24(15)17(26)22-3)7-6-18(2,23-19)16(21)25/h4-5,10,15,23H,6-9,11H2,1-3H3,(H2,21,25)(H,22,26)/t15-,18-,19?/m1/s1. The summed E-state index contributed by atoms with van der Waals surface area (Å²) in [6.07, 6.45) is 2.91. The Bertz CT molecular complexity index is 740. The Morgan fingerprint density at radius 1 is 1.35 bits per heavy atom. The third kappa shape index (κ3) is 3.16. The van der Waals surface area contributed by atoms with E-state index < -0.39 is 5.54 Å². The molecule has 4 N–H and O–H groups in total. The van der Waals surface area contributed by atoms with Gasteiger partial charge in [0.05, 0.1) is 11.6 Å². The number of nitrogens with zero attached hydrogens (tertiary/aromatic N) is 1. The largest absolute Gasteiger partial charge is 0.368 e. The topological polar surface area (TPSA) is 87.5 Å². The first-order chi connectivity index (χ1) is 12.2. The molecule has 0 radical (unpaired) electrons. The second-order valence-electron chi connectivity index (χ2n) is 7.82. The molecule has 0 saturated carbocycles. The third-order valence-electron chi connectivity index (χ3n) is 6.05. The van der Waals surface area contributed by atoms with Crippen molar-refractivity contribution in [3.05, 3.63) is 35.1 Å². The quantitative estimate of drug-likeness (QED) is 0.752. The minimum absolute atomic E-state index is 0.149. The molecule has 1 aromatic carbocycles. The minimum Gasteiger partial charge on any atom is -0.368 e. The van der Waals surface area contributed by atoms with Crippen LogP contribution in [0.3, 0.4) is 0 Å². The molecule has 2 fully saturated rings. The van der Waals surface area contributed by atoms with E-state index in [1.54, 1.807) is 18.0 Å². The number of amides is 3. The molecule has 2 aliphatic heterocycles. The SMILES string of the molecule is CNC(=O)N1CCC2(CC[C@](C)(C(N)=O)N2)C[C@@H]1c1ccc(F)cc1C. The molecule has 7 heteroatoms. The molecule has 1 unspecified atom stereocenters. The van der Waals surface area contributed by atoms with E-state index in [1.807, 2.05) is 13.8 Å². The highest BCUT2D eigenvalue weighted by atomic mass is 19.1. The fourth-order valence-corrected chi connectivity index (χ4v) is 4.48. The number of carbonyl (C=O) groups is 2. The highest BCUT2D eigenvalue weighted by molar-refractivity contribution is 5.84. The van der Waals surface area contributed by atoms with Gasteiger partial charge in [-0.2, -0.15) is 0 Å². The first kappa shape index (κ1) is 18.6. The molecule has 3 rings (SSSR count). The van der Waals surface area contributed by atoms with E-state index in [4.69, 9.17) is 5.73 Å². The molecule has 3 atom stereocenters. The second-order valence-corrected chi connectivity index (χ2v) is 7.82. The van der Waals surface area contributed by atoms with Gasteiger partial charge in [0.2, 0.25) is 5.91 Å². The van der Waals surface area contributed by atoms with Gasteiger partial charge in [0.1, 0.15) is 5.82 Å². The molecule has 1 spiro atoms. The Labute approximate surface area is 153 Å². The number of likely N-dealkylation sites (tertiary alicyclic amines) is 1. The molecule has 1 aromatic rings. The van der Waals surface area contributed by atoms with E-state index in [9.17, 15) is 14.0 Å². The van der Waals surface area contributed by atoms with Crippen LogP contribution in [0.1, 0.15) is 49.8 Å². The van der Waals surface area contributed by atoms with Gasteiger partial charge in [-0.25, -0.2) is 9.18 Å². The maximum absolute atomic E-state index is 13.6. The first-order valence-corrected chi connectivity index (χ1v) is 9.03. The van der Waals surface area contributed by atoms with E-state index in [1.165, 1.54) is 12.1 Å². The van der Waals surface area contributed by atoms with Crippen LogP contribution in [0.4, 0.5) is 9.18 Å². The number of hydrogen-bond donors (Lipinski definition) is 3. The number of nitrogens with one attached hydrogen (secondary N) is 2. The fraction of sp³-hybridized carbons (Fsp3) is 0.579. The van der Waals surface area contributed by atoms with Crippen molar-refractivity contribution >= 4 is 11.9 Å².